The van der Waals surface area contributed by atoms with Gasteiger partial charge in [0, 0.05) is 36.7 Å². The summed E-state index contributed by atoms with van der Waals surface area (Å²) >= 11 is 0. The van der Waals surface area contributed by atoms with E-state index in [4.69, 9.17) is 5.26 Å². The van der Waals surface area contributed by atoms with E-state index in [-0.39, 0.29) is 5.91 Å². The molecule has 1 aromatic carbocycles. The van der Waals surface area contributed by atoms with Gasteiger partial charge in [-0.3, -0.25) is 14.9 Å². The third-order valence-electron chi connectivity index (χ3n) is 5.82. The number of aryl methyl sites for hydroxylation is 1. The second kappa shape index (κ2) is 5.55. The molecule has 4 heterocycles. The standard InChI is InChI=1S/C20H18N6O/c1-12-2-3-15-14(9-23-25-15)18(12)13-6-16-17(22-8-13)7-20(19(27)24-16)4-5-26(10-20)11-21/h2-3,6,8-9H,4-5,7,10H2,1H3,(H,23,25)(H,24,27). The number of anilines is 1. The quantitative estimate of drug-likeness (QED) is 0.652. The highest BCUT2D eigenvalue weighted by Crippen LogP contribution is 2.41. The number of H-pyrrole nitrogens is 1. The molecule has 5 rings (SSSR count). The van der Waals surface area contributed by atoms with Gasteiger partial charge in [-0.25, -0.2) is 0 Å². The Kier molecular flexibility index (Phi) is 3.25. The van der Waals surface area contributed by atoms with E-state index >= 15 is 0 Å². The summed E-state index contributed by atoms with van der Waals surface area (Å²) in [5, 5.41) is 20.4. The zero-order valence-corrected chi connectivity index (χ0v) is 14.9. The van der Waals surface area contributed by atoms with Crippen molar-refractivity contribution in [1.82, 2.24) is 20.1 Å². The minimum Gasteiger partial charge on any atom is -0.324 e. The lowest BCUT2D eigenvalue weighted by Crippen LogP contribution is -2.43. The third kappa shape index (κ3) is 2.30. The Bertz CT molecular complexity index is 1130. The Morgan fingerprint density at radius 2 is 2.22 bits per heavy atom. The van der Waals surface area contributed by atoms with E-state index in [1.807, 2.05) is 24.5 Å². The minimum absolute atomic E-state index is 0.00931. The van der Waals surface area contributed by atoms with Crippen LogP contribution in [-0.2, 0) is 11.2 Å². The van der Waals surface area contributed by atoms with Gasteiger partial charge >= 0.3 is 0 Å². The Labute approximate surface area is 156 Å². The van der Waals surface area contributed by atoms with Crippen LogP contribution in [0.2, 0.25) is 0 Å². The predicted octanol–water partition coefficient (Wildman–Crippen LogP) is 2.60. The van der Waals surface area contributed by atoms with Crippen LogP contribution in [0.5, 0.6) is 0 Å². The Balaban J connectivity index is 1.57. The largest absolute Gasteiger partial charge is 0.324 e. The lowest BCUT2D eigenvalue weighted by molar-refractivity contribution is -0.125. The van der Waals surface area contributed by atoms with E-state index in [0.29, 0.717) is 25.9 Å². The first-order valence-corrected chi connectivity index (χ1v) is 8.98. The molecule has 7 heteroatoms. The van der Waals surface area contributed by atoms with Crippen molar-refractivity contribution in [2.75, 3.05) is 18.4 Å². The normalized spacial score (nSPS) is 21.3. The van der Waals surface area contributed by atoms with E-state index < -0.39 is 5.41 Å². The van der Waals surface area contributed by atoms with Gasteiger partial charge in [0.1, 0.15) is 0 Å². The summed E-state index contributed by atoms with van der Waals surface area (Å²) in [4.78, 5) is 19.2. The van der Waals surface area contributed by atoms with Gasteiger partial charge in [-0.2, -0.15) is 10.4 Å². The van der Waals surface area contributed by atoms with E-state index in [9.17, 15) is 4.79 Å². The molecule has 0 bridgehead atoms. The van der Waals surface area contributed by atoms with Gasteiger partial charge in [0.2, 0.25) is 5.91 Å². The number of nitrogens with zero attached hydrogens (tertiary/aromatic N) is 4. The SMILES string of the molecule is Cc1ccc2[nH]ncc2c1-c1cnc2c(c1)NC(=O)C1(CCN(C#N)C1)C2. The highest BCUT2D eigenvalue weighted by atomic mass is 16.2. The number of amides is 1. The maximum absolute atomic E-state index is 12.8. The second-order valence-corrected chi connectivity index (χ2v) is 7.49. The van der Waals surface area contributed by atoms with Crippen LogP contribution in [0.1, 0.15) is 17.7 Å². The number of fused-ring (bicyclic) bond motifs is 2. The summed E-state index contributed by atoms with van der Waals surface area (Å²) < 4.78 is 0. The fraction of sp³-hybridized carbons (Fsp3) is 0.300. The molecule has 1 spiro atoms. The van der Waals surface area contributed by atoms with Crippen LogP contribution >= 0.6 is 0 Å². The summed E-state index contributed by atoms with van der Waals surface area (Å²) in [5.41, 5.74) is 5.23. The number of hydrogen-bond donors (Lipinski definition) is 2. The first-order valence-electron chi connectivity index (χ1n) is 8.98. The molecule has 3 aromatic rings. The first-order chi connectivity index (χ1) is 13.1. The number of aromatic nitrogens is 3. The number of carbonyl (C=O) groups is 1. The molecule has 0 saturated carbocycles. The van der Waals surface area contributed by atoms with Gasteiger partial charge in [-0.1, -0.05) is 6.07 Å². The molecular formula is C20H18N6O. The van der Waals surface area contributed by atoms with Crippen LogP contribution in [0.3, 0.4) is 0 Å². The number of hydrogen-bond acceptors (Lipinski definition) is 5. The van der Waals surface area contributed by atoms with Crippen molar-refractivity contribution in [3.8, 4) is 17.3 Å². The average molecular weight is 358 g/mol. The van der Waals surface area contributed by atoms with E-state index in [1.54, 1.807) is 4.90 Å². The Hall–Kier alpha value is -3.40. The number of likely N-dealkylation sites (tertiary alicyclic amines) is 1. The van der Waals surface area contributed by atoms with Crippen molar-refractivity contribution in [3.05, 3.63) is 41.9 Å². The molecule has 27 heavy (non-hydrogen) atoms. The molecule has 1 fully saturated rings. The lowest BCUT2D eigenvalue weighted by Gasteiger charge is -2.32. The maximum atomic E-state index is 12.8. The number of pyridine rings is 1. The summed E-state index contributed by atoms with van der Waals surface area (Å²) in [6.45, 7) is 3.15. The van der Waals surface area contributed by atoms with E-state index in [2.05, 4.69) is 39.7 Å². The number of carbonyl (C=O) groups excluding carboxylic acids is 1. The van der Waals surface area contributed by atoms with E-state index in [0.717, 1.165) is 39.0 Å². The fourth-order valence-corrected chi connectivity index (χ4v) is 4.33. The summed E-state index contributed by atoms with van der Waals surface area (Å²) in [6, 6.07) is 6.07. The first kappa shape index (κ1) is 15.8. The molecule has 7 nitrogen and oxygen atoms in total. The van der Waals surface area contributed by atoms with Crippen LogP contribution in [0, 0.1) is 23.8 Å². The summed E-state index contributed by atoms with van der Waals surface area (Å²) in [6.07, 6.45) is 7.10. The smallest absolute Gasteiger partial charge is 0.232 e. The second-order valence-electron chi connectivity index (χ2n) is 7.49. The van der Waals surface area contributed by atoms with Gasteiger partial charge in [-0.05, 0) is 36.6 Å². The van der Waals surface area contributed by atoms with Crippen molar-refractivity contribution < 1.29 is 4.79 Å². The van der Waals surface area contributed by atoms with Crippen LogP contribution in [-0.4, -0.2) is 39.1 Å². The fourth-order valence-electron chi connectivity index (χ4n) is 4.33. The monoisotopic (exact) mass is 358 g/mol. The van der Waals surface area contributed by atoms with Crippen LogP contribution in [0.15, 0.2) is 30.6 Å². The third-order valence-corrected chi connectivity index (χ3v) is 5.82. The molecule has 1 saturated heterocycles. The molecule has 2 aromatic heterocycles. The van der Waals surface area contributed by atoms with Crippen LogP contribution in [0.25, 0.3) is 22.0 Å². The lowest BCUT2D eigenvalue weighted by atomic mass is 9.78. The number of benzene rings is 1. The molecule has 2 N–H and O–H groups in total. The number of nitriles is 1. The zero-order valence-electron chi connectivity index (χ0n) is 14.9. The van der Waals surface area contributed by atoms with Gasteiger partial charge in [0.25, 0.3) is 0 Å². The van der Waals surface area contributed by atoms with Gasteiger partial charge in [0.15, 0.2) is 6.19 Å². The average Bonchev–Trinajstić information content (AvgIpc) is 3.30. The number of nitrogens with one attached hydrogen (secondary N) is 2. The molecule has 134 valence electrons. The Morgan fingerprint density at radius 3 is 3.04 bits per heavy atom. The highest BCUT2D eigenvalue weighted by molar-refractivity contribution is 6.01. The van der Waals surface area contributed by atoms with E-state index in [1.165, 1.54) is 0 Å². The van der Waals surface area contributed by atoms with Gasteiger partial charge in [0.05, 0.1) is 28.5 Å². The molecule has 0 aliphatic carbocycles. The summed E-state index contributed by atoms with van der Waals surface area (Å²) in [5.74, 6) is -0.00931. The molecule has 1 amide bonds. The van der Waals surface area contributed by atoms with Crippen molar-refractivity contribution in [1.29, 1.82) is 5.26 Å². The molecule has 2 aliphatic rings. The molecule has 1 unspecified atom stereocenters. The van der Waals surface area contributed by atoms with Crippen LogP contribution in [0.4, 0.5) is 5.69 Å². The minimum atomic E-state index is -0.544. The van der Waals surface area contributed by atoms with Crippen molar-refractivity contribution in [2.24, 2.45) is 5.41 Å². The highest BCUT2D eigenvalue weighted by Gasteiger charge is 2.47. The Morgan fingerprint density at radius 1 is 1.33 bits per heavy atom. The number of rotatable bonds is 1. The molecule has 2 aliphatic heterocycles. The molecule has 0 radical (unpaired) electrons. The molecular weight excluding hydrogens is 340 g/mol. The topological polar surface area (TPSA) is 97.7 Å². The molecule has 1 atom stereocenters. The predicted molar refractivity (Wildman–Crippen MR) is 101 cm³/mol. The van der Waals surface area contributed by atoms with Crippen molar-refractivity contribution in [3.63, 3.8) is 0 Å². The number of aromatic amines is 1. The van der Waals surface area contributed by atoms with Crippen molar-refractivity contribution >= 4 is 22.5 Å². The van der Waals surface area contributed by atoms with Crippen LogP contribution < -0.4 is 5.32 Å². The van der Waals surface area contributed by atoms with Gasteiger partial charge < -0.3 is 10.2 Å². The van der Waals surface area contributed by atoms with Crippen molar-refractivity contribution in [2.45, 2.75) is 19.8 Å². The maximum Gasteiger partial charge on any atom is 0.232 e. The summed E-state index contributed by atoms with van der Waals surface area (Å²) in [7, 11) is 0. The zero-order chi connectivity index (χ0) is 18.6. The van der Waals surface area contributed by atoms with Gasteiger partial charge in [-0.15, -0.1) is 0 Å².